The molecule has 0 saturated carbocycles. The fourth-order valence-corrected chi connectivity index (χ4v) is 3.73. The van der Waals surface area contributed by atoms with Gasteiger partial charge in [0.05, 0.1) is 24.4 Å². The molecule has 28 heavy (non-hydrogen) atoms. The van der Waals surface area contributed by atoms with Gasteiger partial charge in [0.25, 0.3) is 5.91 Å². The van der Waals surface area contributed by atoms with Crippen LogP contribution in [0.2, 0.25) is 0 Å². The van der Waals surface area contributed by atoms with Crippen LogP contribution in [0.4, 0.5) is 0 Å². The van der Waals surface area contributed by atoms with E-state index in [1.807, 2.05) is 18.5 Å². The van der Waals surface area contributed by atoms with Gasteiger partial charge in [0.2, 0.25) is 0 Å². The summed E-state index contributed by atoms with van der Waals surface area (Å²) in [6, 6.07) is 7.70. The lowest BCUT2D eigenvalue weighted by atomic mass is 9.86. The smallest absolute Gasteiger partial charge is 0.270 e. The van der Waals surface area contributed by atoms with Crippen LogP contribution < -0.4 is 0 Å². The van der Waals surface area contributed by atoms with Crippen molar-refractivity contribution in [2.45, 2.75) is 12.0 Å². The van der Waals surface area contributed by atoms with Crippen LogP contribution in [0.5, 0.6) is 0 Å². The van der Waals surface area contributed by atoms with Crippen LogP contribution in [0.3, 0.4) is 0 Å². The Morgan fingerprint density at radius 3 is 2.93 bits per heavy atom. The van der Waals surface area contributed by atoms with Crippen molar-refractivity contribution in [1.82, 2.24) is 34.6 Å². The summed E-state index contributed by atoms with van der Waals surface area (Å²) in [5, 5.41) is 14.8. The number of carbonyl (C=O) groups is 1. The Balaban J connectivity index is 1.44. The molecular formula is C19H16N8O. The summed E-state index contributed by atoms with van der Waals surface area (Å²) < 4.78 is 1.80. The highest BCUT2D eigenvalue weighted by molar-refractivity contribution is 5.93. The van der Waals surface area contributed by atoms with Gasteiger partial charge in [-0.05, 0) is 18.2 Å². The lowest BCUT2D eigenvalue weighted by molar-refractivity contribution is 0.00818. The first kappa shape index (κ1) is 16.3. The zero-order valence-corrected chi connectivity index (χ0v) is 14.8. The molecule has 4 aromatic heterocycles. The highest BCUT2D eigenvalue weighted by Crippen LogP contribution is 2.34. The largest absolute Gasteiger partial charge is 0.357 e. The minimum atomic E-state index is -0.528. The first-order valence-electron chi connectivity index (χ1n) is 8.83. The number of hydrogen-bond acceptors (Lipinski definition) is 5. The fourth-order valence-electron chi connectivity index (χ4n) is 3.73. The highest BCUT2D eigenvalue weighted by atomic mass is 16.2. The monoisotopic (exact) mass is 372 g/mol. The SMILES string of the molecule is N#CCC1(n2cc(-c3ncnc4[nH]ccc34)cn2)CN(C(=O)c2ccc[nH]2)C1. The van der Waals surface area contributed by atoms with Crippen LogP contribution in [0.1, 0.15) is 16.9 Å². The molecule has 5 rings (SSSR count). The molecule has 138 valence electrons. The van der Waals surface area contributed by atoms with E-state index in [-0.39, 0.29) is 12.3 Å². The van der Waals surface area contributed by atoms with Crippen LogP contribution in [0.15, 0.2) is 49.3 Å². The number of nitriles is 1. The van der Waals surface area contributed by atoms with Gasteiger partial charge in [-0.15, -0.1) is 0 Å². The van der Waals surface area contributed by atoms with E-state index in [2.05, 4.69) is 31.1 Å². The summed E-state index contributed by atoms with van der Waals surface area (Å²) in [7, 11) is 0. The number of likely N-dealkylation sites (tertiary alicyclic amines) is 1. The third kappa shape index (κ3) is 2.39. The molecular weight excluding hydrogens is 356 g/mol. The van der Waals surface area contributed by atoms with E-state index in [1.54, 1.807) is 34.1 Å². The molecule has 9 nitrogen and oxygen atoms in total. The molecule has 0 aromatic carbocycles. The molecule has 0 atom stereocenters. The molecule has 0 radical (unpaired) electrons. The average Bonchev–Trinajstić information content (AvgIpc) is 3.44. The van der Waals surface area contributed by atoms with Gasteiger partial charge in [0, 0.05) is 42.6 Å². The number of H-pyrrole nitrogens is 2. The molecule has 1 saturated heterocycles. The van der Waals surface area contributed by atoms with E-state index in [4.69, 9.17) is 0 Å². The maximum Gasteiger partial charge on any atom is 0.270 e. The lowest BCUT2D eigenvalue weighted by Gasteiger charge is -2.48. The second-order valence-corrected chi connectivity index (χ2v) is 6.94. The number of aromatic amines is 2. The molecule has 1 aliphatic rings. The predicted octanol–water partition coefficient (Wildman–Crippen LogP) is 1.91. The maximum atomic E-state index is 12.5. The number of carbonyl (C=O) groups excluding carboxylic acids is 1. The van der Waals surface area contributed by atoms with Crippen molar-refractivity contribution in [2.24, 2.45) is 0 Å². The van der Waals surface area contributed by atoms with Gasteiger partial charge in [0.1, 0.15) is 23.2 Å². The second-order valence-electron chi connectivity index (χ2n) is 6.94. The molecule has 0 bridgehead atoms. The Bertz CT molecular complexity index is 1190. The van der Waals surface area contributed by atoms with Gasteiger partial charge >= 0.3 is 0 Å². The zero-order valence-electron chi connectivity index (χ0n) is 14.8. The van der Waals surface area contributed by atoms with Crippen LogP contribution in [0, 0.1) is 11.3 Å². The topological polar surface area (TPSA) is 119 Å². The van der Waals surface area contributed by atoms with Crippen molar-refractivity contribution in [3.8, 4) is 17.3 Å². The first-order chi connectivity index (χ1) is 13.7. The summed E-state index contributed by atoms with van der Waals surface area (Å²) in [5.74, 6) is -0.0734. The third-order valence-corrected chi connectivity index (χ3v) is 5.19. The molecule has 0 aliphatic carbocycles. The molecule has 1 amide bonds. The van der Waals surface area contributed by atoms with Gasteiger partial charge in [0.15, 0.2) is 0 Å². The molecule has 4 aromatic rings. The predicted molar refractivity (Wildman–Crippen MR) is 100 cm³/mol. The first-order valence-corrected chi connectivity index (χ1v) is 8.83. The van der Waals surface area contributed by atoms with Crippen LogP contribution in [-0.2, 0) is 5.54 Å². The summed E-state index contributed by atoms with van der Waals surface area (Å²) >= 11 is 0. The highest BCUT2D eigenvalue weighted by Gasteiger charge is 2.47. The standard InChI is InChI=1S/C19H16N8O/c20-5-4-19(10-26(11-19)18(28)15-2-1-6-21-15)27-9-13(8-25-27)16-14-3-7-22-17(14)24-12-23-16/h1-3,6-9,12,21H,4,10-11H2,(H,22,23,24). The second kappa shape index (κ2) is 6.06. The molecule has 0 spiro atoms. The van der Waals surface area contributed by atoms with Crippen molar-refractivity contribution >= 4 is 16.9 Å². The van der Waals surface area contributed by atoms with Gasteiger partial charge in [-0.2, -0.15) is 10.4 Å². The Hall–Kier alpha value is -3.93. The minimum Gasteiger partial charge on any atom is -0.357 e. The van der Waals surface area contributed by atoms with E-state index >= 15 is 0 Å². The Morgan fingerprint density at radius 2 is 2.14 bits per heavy atom. The molecule has 5 heterocycles. The van der Waals surface area contributed by atoms with Gasteiger partial charge < -0.3 is 14.9 Å². The molecule has 0 unspecified atom stereocenters. The van der Waals surface area contributed by atoms with Crippen molar-refractivity contribution in [3.63, 3.8) is 0 Å². The maximum absolute atomic E-state index is 12.5. The number of fused-ring (bicyclic) bond motifs is 1. The van der Waals surface area contributed by atoms with Gasteiger partial charge in [-0.25, -0.2) is 9.97 Å². The minimum absolute atomic E-state index is 0.0734. The molecule has 1 fully saturated rings. The number of rotatable bonds is 4. The van der Waals surface area contributed by atoms with Gasteiger partial charge in [-0.1, -0.05) is 0 Å². The number of amides is 1. The normalized spacial score (nSPS) is 15.3. The van der Waals surface area contributed by atoms with Crippen LogP contribution >= 0.6 is 0 Å². The lowest BCUT2D eigenvalue weighted by Crippen LogP contribution is -2.64. The zero-order chi connectivity index (χ0) is 19.1. The van der Waals surface area contributed by atoms with Crippen molar-refractivity contribution in [2.75, 3.05) is 13.1 Å². The van der Waals surface area contributed by atoms with Gasteiger partial charge in [-0.3, -0.25) is 9.48 Å². The number of hydrogen-bond donors (Lipinski definition) is 2. The van der Waals surface area contributed by atoms with Crippen LogP contribution in [-0.4, -0.2) is 53.6 Å². The number of nitrogens with zero attached hydrogens (tertiary/aromatic N) is 6. The molecule has 1 aliphatic heterocycles. The Labute approximate surface area is 159 Å². The van der Waals surface area contributed by atoms with Crippen molar-refractivity contribution in [1.29, 1.82) is 5.26 Å². The fraction of sp³-hybridized carbons (Fsp3) is 0.211. The van der Waals surface area contributed by atoms with Crippen molar-refractivity contribution < 1.29 is 4.79 Å². The summed E-state index contributed by atoms with van der Waals surface area (Å²) in [6.45, 7) is 0.867. The number of aromatic nitrogens is 6. The van der Waals surface area contributed by atoms with E-state index < -0.39 is 5.54 Å². The quantitative estimate of drug-likeness (QED) is 0.567. The Kier molecular flexibility index (Phi) is 3.52. The van der Waals surface area contributed by atoms with Crippen LogP contribution in [0.25, 0.3) is 22.3 Å². The van der Waals surface area contributed by atoms with E-state index in [0.717, 1.165) is 22.3 Å². The third-order valence-electron chi connectivity index (χ3n) is 5.19. The van der Waals surface area contributed by atoms with E-state index in [9.17, 15) is 10.1 Å². The molecule has 9 heteroatoms. The van der Waals surface area contributed by atoms with E-state index in [0.29, 0.717) is 18.8 Å². The van der Waals surface area contributed by atoms with Crippen molar-refractivity contribution in [3.05, 3.63) is 55.0 Å². The summed E-state index contributed by atoms with van der Waals surface area (Å²) in [4.78, 5) is 28.8. The summed E-state index contributed by atoms with van der Waals surface area (Å²) in [6.07, 6.45) is 8.95. The average molecular weight is 372 g/mol. The van der Waals surface area contributed by atoms with E-state index in [1.165, 1.54) is 6.33 Å². The number of nitrogens with one attached hydrogen (secondary N) is 2. The summed E-state index contributed by atoms with van der Waals surface area (Å²) in [5.41, 5.74) is 2.40. The Morgan fingerprint density at radius 1 is 1.25 bits per heavy atom. The molecule has 2 N–H and O–H groups in total.